The minimum Gasteiger partial charge on any atom is -0.475 e. The van der Waals surface area contributed by atoms with E-state index in [1.54, 1.807) is 0 Å². The topological polar surface area (TPSA) is 125 Å². The predicted molar refractivity (Wildman–Crippen MR) is 124 cm³/mol. The first-order chi connectivity index (χ1) is 15.2. The Bertz CT molecular complexity index is 998. The molecule has 31 heavy (non-hydrogen) atoms. The SMILES string of the molecule is NCc1ccc(-c2nc(N)c(OCC3CCNCC3)nc2-c2ccc(CN)cc2)cc1. The van der Waals surface area contributed by atoms with Crippen LogP contribution in [0.1, 0.15) is 24.0 Å². The van der Waals surface area contributed by atoms with Crippen molar-refractivity contribution in [1.29, 1.82) is 0 Å². The van der Waals surface area contributed by atoms with Crippen molar-refractivity contribution in [2.24, 2.45) is 17.4 Å². The Morgan fingerprint density at radius 1 is 0.806 bits per heavy atom. The lowest BCUT2D eigenvalue weighted by Crippen LogP contribution is -2.30. The summed E-state index contributed by atoms with van der Waals surface area (Å²) in [4.78, 5) is 9.52. The van der Waals surface area contributed by atoms with E-state index in [1.807, 2.05) is 48.5 Å². The van der Waals surface area contributed by atoms with Crippen molar-refractivity contribution in [3.8, 4) is 28.4 Å². The van der Waals surface area contributed by atoms with Crippen LogP contribution in [-0.4, -0.2) is 29.7 Å². The van der Waals surface area contributed by atoms with Crippen molar-refractivity contribution in [2.45, 2.75) is 25.9 Å². The van der Waals surface area contributed by atoms with E-state index in [9.17, 15) is 0 Å². The van der Waals surface area contributed by atoms with E-state index in [0.29, 0.717) is 37.3 Å². The van der Waals surface area contributed by atoms with Crippen molar-refractivity contribution in [3.63, 3.8) is 0 Å². The molecule has 0 radical (unpaired) electrons. The average Bonchev–Trinajstić information content (AvgIpc) is 2.84. The third-order valence-electron chi connectivity index (χ3n) is 5.73. The van der Waals surface area contributed by atoms with E-state index in [1.165, 1.54) is 0 Å². The molecular weight excluding hydrogens is 388 g/mol. The molecule has 2 aromatic carbocycles. The predicted octanol–water partition coefficient (Wildman–Crippen LogP) is 2.69. The molecular formula is C24H30N6O. The second-order valence-electron chi connectivity index (χ2n) is 7.92. The lowest BCUT2D eigenvalue weighted by molar-refractivity contribution is 0.209. The molecule has 7 N–H and O–H groups in total. The molecule has 162 valence electrons. The number of benzene rings is 2. The van der Waals surface area contributed by atoms with Gasteiger partial charge in [0.15, 0.2) is 5.82 Å². The molecule has 1 fully saturated rings. The van der Waals surface area contributed by atoms with Gasteiger partial charge in [-0.1, -0.05) is 48.5 Å². The van der Waals surface area contributed by atoms with E-state index in [4.69, 9.17) is 31.9 Å². The Hall–Kier alpha value is -3.00. The van der Waals surface area contributed by atoms with Crippen molar-refractivity contribution in [1.82, 2.24) is 15.3 Å². The van der Waals surface area contributed by atoms with Crippen LogP contribution >= 0.6 is 0 Å². The Balaban J connectivity index is 1.70. The number of piperidine rings is 1. The zero-order chi connectivity index (χ0) is 21.6. The molecule has 3 aromatic rings. The van der Waals surface area contributed by atoms with Gasteiger partial charge in [0.25, 0.3) is 5.88 Å². The molecule has 0 atom stereocenters. The van der Waals surface area contributed by atoms with Gasteiger partial charge in [0, 0.05) is 24.2 Å². The highest BCUT2D eigenvalue weighted by atomic mass is 16.5. The van der Waals surface area contributed by atoms with Gasteiger partial charge in [-0.25, -0.2) is 9.97 Å². The van der Waals surface area contributed by atoms with Gasteiger partial charge in [-0.3, -0.25) is 0 Å². The van der Waals surface area contributed by atoms with Gasteiger partial charge in [-0.05, 0) is 43.0 Å². The molecule has 2 heterocycles. The fourth-order valence-corrected chi connectivity index (χ4v) is 3.78. The minimum atomic E-state index is 0.300. The van der Waals surface area contributed by atoms with Crippen molar-refractivity contribution in [2.75, 3.05) is 25.4 Å². The van der Waals surface area contributed by atoms with Crippen LogP contribution in [-0.2, 0) is 13.1 Å². The quantitative estimate of drug-likeness (QED) is 0.465. The molecule has 0 saturated carbocycles. The first kappa shape index (κ1) is 21.2. The Morgan fingerprint density at radius 3 is 1.84 bits per heavy atom. The summed E-state index contributed by atoms with van der Waals surface area (Å²) in [6.07, 6.45) is 2.18. The lowest BCUT2D eigenvalue weighted by atomic mass is 9.99. The van der Waals surface area contributed by atoms with E-state index < -0.39 is 0 Å². The van der Waals surface area contributed by atoms with Gasteiger partial charge in [-0.15, -0.1) is 0 Å². The third kappa shape index (κ3) is 5.02. The number of ether oxygens (including phenoxy) is 1. The highest BCUT2D eigenvalue weighted by Gasteiger charge is 2.19. The lowest BCUT2D eigenvalue weighted by Gasteiger charge is -2.23. The first-order valence-electron chi connectivity index (χ1n) is 10.8. The zero-order valence-corrected chi connectivity index (χ0v) is 17.7. The molecule has 4 rings (SSSR count). The first-order valence-corrected chi connectivity index (χ1v) is 10.8. The van der Waals surface area contributed by atoms with Gasteiger partial charge in [0.1, 0.15) is 5.69 Å². The summed E-state index contributed by atoms with van der Waals surface area (Å²) < 4.78 is 6.05. The molecule has 0 spiro atoms. The van der Waals surface area contributed by atoms with Gasteiger partial charge in [0.05, 0.1) is 12.3 Å². The Labute approximate surface area is 183 Å². The van der Waals surface area contributed by atoms with Crippen molar-refractivity contribution in [3.05, 3.63) is 59.7 Å². The Kier molecular flexibility index (Phi) is 6.76. The highest BCUT2D eigenvalue weighted by molar-refractivity contribution is 5.79. The number of nitrogens with zero attached hydrogens (tertiary/aromatic N) is 2. The van der Waals surface area contributed by atoms with E-state index in [0.717, 1.165) is 59.6 Å². The third-order valence-corrected chi connectivity index (χ3v) is 5.73. The smallest absolute Gasteiger partial charge is 0.257 e. The fraction of sp³-hybridized carbons (Fsp3) is 0.333. The van der Waals surface area contributed by atoms with Gasteiger partial charge in [0.2, 0.25) is 0 Å². The van der Waals surface area contributed by atoms with Crippen LogP contribution < -0.4 is 27.3 Å². The largest absolute Gasteiger partial charge is 0.475 e. The number of nitrogens with one attached hydrogen (secondary N) is 1. The van der Waals surface area contributed by atoms with Crippen LogP contribution in [0.3, 0.4) is 0 Å². The van der Waals surface area contributed by atoms with Gasteiger partial charge in [-0.2, -0.15) is 0 Å². The number of nitrogen functional groups attached to an aromatic ring is 1. The summed E-state index contributed by atoms with van der Waals surface area (Å²) in [7, 11) is 0. The van der Waals surface area contributed by atoms with E-state index in [-0.39, 0.29) is 0 Å². The maximum atomic E-state index is 6.28. The minimum absolute atomic E-state index is 0.300. The molecule has 7 heteroatoms. The summed E-state index contributed by atoms with van der Waals surface area (Å²) in [5, 5.41) is 3.37. The normalized spacial score (nSPS) is 14.5. The molecule has 7 nitrogen and oxygen atoms in total. The average molecular weight is 419 g/mol. The molecule has 0 amide bonds. The summed E-state index contributed by atoms with van der Waals surface area (Å²) in [5.41, 5.74) is 23.2. The standard InChI is InChI=1S/C24H30N6O/c25-13-16-1-5-19(6-2-16)21-22(20-7-3-17(14-26)4-8-20)30-24(23(27)29-21)31-15-18-9-11-28-12-10-18/h1-8,18,28H,9-15,25-26H2,(H2,27,29). The summed E-state index contributed by atoms with van der Waals surface area (Å²) in [6, 6.07) is 16.0. The number of rotatable bonds is 7. The maximum absolute atomic E-state index is 6.28. The second-order valence-corrected chi connectivity index (χ2v) is 7.92. The van der Waals surface area contributed by atoms with Crippen LogP contribution in [0.4, 0.5) is 5.82 Å². The number of nitrogens with two attached hydrogens (primary N) is 3. The second kappa shape index (κ2) is 9.87. The van der Waals surface area contributed by atoms with Crippen LogP contribution in [0, 0.1) is 5.92 Å². The van der Waals surface area contributed by atoms with Gasteiger partial charge < -0.3 is 27.3 Å². The number of hydrogen-bond acceptors (Lipinski definition) is 7. The molecule has 0 unspecified atom stereocenters. The summed E-state index contributed by atoms with van der Waals surface area (Å²) in [6.45, 7) is 3.62. The van der Waals surface area contributed by atoms with Crippen LogP contribution in [0.25, 0.3) is 22.5 Å². The maximum Gasteiger partial charge on any atom is 0.257 e. The van der Waals surface area contributed by atoms with Crippen molar-refractivity contribution >= 4 is 5.82 Å². The fourth-order valence-electron chi connectivity index (χ4n) is 3.78. The van der Waals surface area contributed by atoms with Crippen LogP contribution in [0.2, 0.25) is 0 Å². The molecule has 1 aromatic heterocycles. The monoisotopic (exact) mass is 418 g/mol. The number of aromatic nitrogens is 2. The molecule has 1 saturated heterocycles. The van der Waals surface area contributed by atoms with Gasteiger partial charge >= 0.3 is 0 Å². The van der Waals surface area contributed by atoms with Crippen molar-refractivity contribution < 1.29 is 4.74 Å². The molecule has 0 aliphatic carbocycles. The molecule has 1 aliphatic rings. The van der Waals surface area contributed by atoms with E-state index >= 15 is 0 Å². The zero-order valence-electron chi connectivity index (χ0n) is 17.7. The summed E-state index contributed by atoms with van der Waals surface area (Å²) in [5.74, 6) is 1.19. The summed E-state index contributed by atoms with van der Waals surface area (Å²) >= 11 is 0. The highest BCUT2D eigenvalue weighted by Crippen LogP contribution is 2.33. The Morgan fingerprint density at radius 2 is 1.32 bits per heavy atom. The molecule has 1 aliphatic heterocycles. The van der Waals surface area contributed by atoms with E-state index in [2.05, 4.69) is 5.32 Å². The van der Waals surface area contributed by atoms with Crippen LogP contribution in [0.5, 0.6) is 5.88 Å². The number of anilines is 1. The molecule has 0 bridgehead atoms. The van der Waals surface area contributed by atoms with Crippen LogP contribution in [0.15, 0.2) is 48.5 Å². The number of hydrogen-bond donors (Lipinski definition) is 4.